The molecule has 0 aliphatic carbocycles. The van der Waals surface area contributed by atoms with Gasteiger partial charge in [-0.25, -0.2) is 0 Å². The lowest BCUT2D eigenvalue weighted by Gasteiger charge is -2.15. The molecule has 1 fully saturated rings. The molecule has 2 heterocycles. The van der Waals surface area contributed by atoms with Crippen LogP contribution in [0.5, 0.6) is 0 Å². The fourth-order valence-electron chi connectivity index (χ4n) is 1.97. The molecule has 1 amide bonds. The molecule has 0 spiro atoms. The summed E-state index contributed by atoms with van der Waals surface area (Å²) < 4.78 is 0. The summed E-state index contributed by atoms with van der Waals surface area (Å²) in [5.74, 6) is 0.241. The van der Waals surface area contributed by atoms with Gasteiger partial charge in [0.15, 0.2) is 0 Å². The van der Waals surface area contributed by atoms with Gasteiger partial charge >= 0.3 is 0 Å². The Morgan fingerprint density at radius 2 is 2.19 bits per heavy atom. The van der Waals surface area contributed by atoms with Gasteiger partial charge < -0.3 is 4.90 Å². The Morgan fingerprint density at radius 1 is 1.44 bits per heavy atom. The smallest absolute Gasteiger partial charge is 0.222 e. The number of hydrogen-bond acceptors (Lipinski definition) is 2. The first-order valence-corrected chi connectivity index (χ1v) is 6.01. The van der Waals surface area contributed by atoms with E-state index in [0.717, 1.165) is 31.5 Å². The molecule has 0 aromatic carbocycles. The highest BCUT2D eigenvalue weighted by Crippen LogP contribution is 2.16. The number of halogens is 1. The maximum Gasteiger partial charge on any atom is 0.222 e. The van der Waals surface area contributed by atoms with Crippen LogP contribution in [0.4, 0.5) is 0 Å². The van der Waals surface area contributed by atoms with E-state index < -0.39 is 0 Å². The van der Waals surface area contributed by atoms with Crippen LogP contribution in [0.1, 0.15) is 24.8 Å². The molecule has 1 aliphatic heterocycles. The van der Waals surface area contributed by atoms with Crippen molar-refractivity contribution in [1.82, 2.24) is 9.88 Å². The lowest BCUT2D eigenvalue weighted by molar-refractivity contribution is -0.130. The van der Waals surface area contributed by atoms with Crippen molar-refractivity contribution in [1.29, 1.82) is 0 Å². The summed E-state index contributed by atoms with van der Waals surface area (Å²) in [6, 6.07) is 1.87. The predicted octanol–water partition coefficient (Wildman–Crippen LogP) is 2.29. The van der Waals surface area contributed by atoms with Crippen molar-refractivity contribution in [3.8, 4) is 0 Å². The molecule has 0 N–H and O–H groups in total. The summed E-state index contributed by atoms with van der Waals surface area (Å²) in [7, 11) is 0. The summed E-state index contributed by atoms with van der Waals surface area (Å²) in [5, 5.41) is 0.650. The van der Waals surface area contributed by atoms with Crippen molar-refractivity contribution in [2.45, 2.75) is 25.7 Å². The molecule has 1 aromatic heterocycles. The highest BCUT2D eigenvalue weighted by atomic mass is 35.5. The van der Waals surface area contributed by atoms with Gasteiger partial charge in [0.2, 0.25) is 5.91 Å². The van der Waals surface area contributed by atoms with Crippen molar-refractivity contribution in [2.24, 2.45) is 0 Å². The Balaban J connectivity index is 1.87. The third-order valence-corrected chi connectivity index (χ3v) is 3.26. The van der Waals surface area contributed by atoms with E-state index in [2.05, 4.69) is 4.98 Å². The lowest BCUT2D eigenvalue weighted by Crippen LogP contribution is -2.27. The summed E-state index contributed by atoms with van der Waals surface area (Å²) in [5.41, 5.74) is 1.00. The molecule has 0 atom stereocenters. The van der Waals surface area contributed by atoms with E-state index in [9.17, 15) is 4.79 Å². The second kappa shape index (κ2) is 5.30. The summed E-state index contributed by atoms with van der Waals surface area (Å²) in [4.78, 5) is 17.7. The Bertz CT molecular complexity index is 375. The van der Waals surface area contributed by atoms with Crippen LogP contribution in [0, 0.1) is 0 Å². The first kappa shape index (κ1) is 11.4. The molecule has 3 nitrogen and oxygen atoms in total. The van der Waals surface area contributed by atoms with Crippen molar-refractivity contribution in [3.63, 3.8) is 0 Å². The third-order valence-electron chi connectivity index (χ3n) is 2.92. The summed E-state index contributed by atoms with van der Waals surface area (Å²) >= 11 is 5.98. The molecule has 16 heavy (non-hydrogen) atoms. The minimum atomic E-state index is 0.241. The lowest BCUT2D eigenvalue weighted by atomic mass is 10.1. The molecule has 0 saturated carbocycles. The molecule has 0 radical (unpaired) electrons. The maximum absolute atomic E-state index is 11.8. The molecule has 4 heteroatoms. The first-order chi connectivity index (χ1) is 7.77. The van der Waals surface area contributed by atoms with Crippen LogP contribution in [0.15, 0.2) is 18.5 Å². The third kappa shape index (κ3) is 2.73. The van der Waals surface area contributed by atoms with Crippen LogP contribution < -0.4 is 0 Å². The van der Waals surface area contributed by atoms with E-state index in [4.69, 9.17) is 11.6 Å². The molecule has 0 unspecified atom stereocenters. The van der Waals surface area contributed by atoms with Gasteiger partial charge in [-0.05, 0) is 30.9 Å². The Kier molecular flexibility index (Phi) is 3.78. The topological polar surface area (TPSA) is 33.2 Å². The SMILES string of the molecule is O=C(CCc1ccncc1Cl)N1CCCC1. The number of hydrogen-bond donors (Lipinski definition) is 0. The Morgan fingerprint density at radius 3 is 2.88 bits per heavy atom. The second-order valence-electron chi connectivity index (χ2n) is 4.05. The summed E-state index contributed by atoms with van der Waals surface area (Å²) in [6.45, 7) is 1.84. The fourth-order valence-corrected chi connectivity index (χ4v) is 2.19. The molecule has 1 aromatic rings. The van der Waals surface area contributed by atoms with Gasteiger partial charge in [0, 0.05) is 31.9 Å². The highest BCUT2D eigenvalue weighted by molar-refractivity contribution is 6.31. The van der Waals surface area contributed by atoms with Crippen LogP contribution in [0.3, 0.4) is 0 Å². The van der Waals surface area contributed by atoms with Crippen molar-refractivity contribution in [2.75, 3.05) is 13.1 Å². The Hall–Kier alpha value is -1.09. The maximum atomic E-state index is 11.8. The van der Waals surface area contributed by atoms with Crippen LogP contribution >= 0.6 is 11.6 Å². The number of aromatic nitrogens is 1. The molecular weight excluding hydrogens is 224 g/mol. The van der Waals surface area contributed by atoms with Crippen molar-refractivity contribution in [3.05, 3.63) is 29.0 Å². The minimum Gasteiger partial charge on any atom is -0.343 e. The van der Waals surface area contributed by atoms with Gasteiger partial charge in [0.1, 0.15) is 0 Å². The van der Waals surface area contributed by atoms with Gasteiger partial charge in [0.05, 0.1) is 5.02 Å². The molecule has 0 bridgehead atoms. The predicted molar refractivity (Wildman–Crippen MR) is 63.4 cm³/mol. The quantitative estimate of drug-likeness (QED) is 0.810. The van der Waals surface area contributed by atoms with E-state index >= 15 is 0 Å². The fraction of sp³-hybridized carbons (Fsp3) is 0.500. The normalized spacial score (nSPS) is 15.4. The van der Waals surface area contributed by atoms with E-state index in [1.54, 1.807) is 12.4 Å². The van der Waals surface area contributed by atoms with Gasteiger partial charge in [-0.2, -0.15) is 0 Å². The zero-order chi connectivity index (χ0) is 11.4. The van der Waals surface area contributed by atoms with Crippen LogP contribution in [0.25, 0.3) is 0 Å². The van der Waals surface area contributed by atoms with E-state index in [-0.39, 0.29) is 5.91 Å². The largest absolute Gasteiger partial charge is 0.343 e. The van der Waals surface area contributed by atoms with Crippen molar-refractivity contribution < 1.29 is 4.79 Å². The molecule has 1 aliphatic rings. The van der Waals surface area contributed by atoms with E-state index in [1.807, 2.05) is 11.0 Å². The molecular formula is C12H15ClN2O. The Labute approximate surface area is 100 Å². The van der Waals surface area contributed by atoms with E-state index in [1.165, 1.54) is 0 Å². The summed E-state index contributed by atoms with van der Waals surface area (Å²) in [6.07, 6.45) is 6.86. The van der Waals surface area contributed by atoms with Gasteiger partial charge in [-0.15, -0.1) is 0 Å². The minimum absolute atomic E-state index is 0.241. The van der Waals surface area contributed by atoms with Gasteiger partial charge in [-0.1, -0.05) is 11.6 Å². The average molecular weight is 239 g/mol. The average Bonchev–Trinajstić information content (AvgIpc) is 2.81. The van der Waals surface area contributed by atoms with E-state index in [0.29, 0.717) is 17.9 Å². The number of amides is 1. The number of nitrogens with zero attached hydrogens (tertiary/aromatic N) is 2. The number of rotatable bonds is 3. The van der Waals surface area contributed by atoms with Crippen molar-refractivity contribution >= 4 is 17.5 Å². The zero-order valence-electron chi connectivity index (χ0n) is 9.16. The molecule has 1 saturated heterocycles. The van der Waals surface area contributed by atoms with Gasteiger partial charge in [0.25, 0.3) is 0 Å². The van der Waals surface area contributed by atoms with Crippen LogP contribution in [0.2, 0.25) is 5.02 Å². The number of likely N-dealkylation sites (tertiary alicyclic amines) is 1. The number of pyridine rings is 1. The zero-order valence-corrected chi connectivity index (χ0v) is 9.91. The monoisotopic (exact) mass is 238 g/mol. The molecule has 86 valence electrons. The number of carbonyl (C=O) groups excluding carboxylic acids is 1. The number of aryl methyl sites for hydroxylation is 1. The number of carbonyl (C=O) groups is 1. The molecule has 2 rings (SSSR count). The van der Waals surface area contributed by atoms with Gasteiger partial charge in [-0.3, -0.25) is 9.78 Å². The standard InChI is InChI=1S/C12H15ClN2O/c13-11-9-14-6-5-10(11)3-4-12(16)15-7-1-2-8-15/h5-6,9H,1-4,7-8H2. The second-order valence-corrected chi connectivity index (χ2v) is 4.46. The van der Waals surface area contributed by atoms with Crippen LogP contribution in [-0.4, -0.2) is 28.9 Å². The highest BCUT2D eigenvalue weighted by Gasteiger charge is 2.17. The van der Waals surface area contributed by atoms with Crippen LogP contribution in [-0.2, 0) is 11.2 Å². The first-order valence-electron chi connectivity index (χ1n) is 5.63.